The Morgan fingerprint density at radius 2 is 2.15 bits per heavy atom. The molecule has 114 valence electrons. The maximum Gasteiger partial charge on any atom is 0.340 e. The predicted molar refractivity (Wildman–Crippen MR) is 67.7 cm³/mol. The van der Waals surface area contributed by atoms with Gasteiger partial charge in [-0.15, -0.1) is 0 Å². The summed E-state index contributed by atoms with van der Waals surface area (Å²) in [4.78, 5) is 3.67. The van der Waals surface area contributed by atoms with Crippen LogP contribution in [-0.2, 0) is 6.54 Å². The van der Waals surface area contributed by atoms with Crippen LogP contribution in [0.15, 0.2) is 12.3 Å². The SMILES string of the molecule is CCCNCc1cc(OCC(F)(F)C(F)F)ncc1Cl. The van der Waals surface area contributed by atoms with Crippen molar-refractivity contribution in [2.24, 2.45) is 0 Å². The van der Waals surface area contributed by atoms with Crippen molar-refractivity contribution in [3.8, 4) is 5.88 Å². The zero-order valence-electron chi connectivity index (χ0n) is 10.8. The lowest BCUT2D eigenvalue weighted by Crippen LogP contribution is -2.33. The van der Waals surface area contributed by atoms with E-state index < -0.39 is 19.0 Å². The number of alkyl halides is 4. The molecule has 0 aliphatic heterocycles. The Bertz CT molecular complexity index is 432. The van der Waals surface area contributed by atoms with Crippen molar-refractivity contribution < 1.29 is 22.3 Å². The first kappa shape index (κ1) is 17.0. The molecule has 3 nitrogen and oxygen atoms in total. The van der Waals surface area contributed by atoms with Crippen molar-refractivity contribution in [1.29, 1.82) is 0 Å². The molecular weight excluding hydrogens is 300 g/mol. The lowest BCUT2D eigenvalue weighted by Gasteiger charge is -2.16. The van der Waals surface area contributed by atoms with E-state index in [1.165, 1.54) is 12.3 Å². The Labute approximate surface area is 119 Å². The molecule has 20 heavy (non-hydrogen) atoms. The van der Waals surface area contributed by atoms with E-state index in [9.17, 15) is 17.6 Å². The van der Waals surface area contributed by atoms with Crippen molar-refractivity contribution in [3.63, 3.8) is 0 Å². The largest absolute Gasteiger partial charge is 0.471 e. The van der Waals surface area contributed by atoms with Gasteiger partial charge in [-0.1, -0.05) is 18.5 Å². The molecular formula is C12H15ClF4N2O. The number of halogens is 5. The third-order valence-electron chi connectivity index (χ3n) is 2.38. The fraction of sp³-hybridized carbons (Fsp3) is 0.583. The Morgan fingerprint density at radius 3 is 2.75 bits per heavy atom. The van der Waals surface area contributed by atoms with Gasteiger partial charge < -0.3 is 10.1 Å². The molecule has 0 radical (unpaired) electrons. The molecule has 0 aliphatic carbocycles. The summed E-state index contributed by atoms with van der Waals surface area (Å²) >= 11 is 5.89. The molecule has 0 aromatic carbocycles. The highest BCUT2D eigenvalue weighted by Gasteiger charge is 2.41. The molecule has 0 unspecified atom stereocenters. The van der Waals surface area contributed by atoms with Gasteiger partial charge in [0.25, 0.3) is 0 Å². The van der Waals surface area contributed by atoms with E-state index in [0.717, 1.165) is 13.0 Å². The first-order valence-corrected chi connectivity index (χ1v) is 6.38. The van der Waals surface area contributed by atoms with Gasteiger partial charge in [-0.3, -0.25) is 0 Å². The van der Waals surface area contributed by atoms with Crippen LogP contribution < -0.4 is 10.1 Å². The van der Waals surface area contributed by atoms with Crippen LogP contribution in [0.5, 0.6) is 5.88 Å². The first-order chi connectivity index (χ1) is 9.36. The van der Waals surface area contributed by atoms with E-state index in [1.807, 2.05) is 6.92 Å². The van der Waals surface area contributed by atoms with Crippen LogP contribution in [0.4, 0.5) is 17.6 Å². The third kappa shape index (κ3) is 5.13. The highest BCUT2D eigenvalue weighted by molar-refractivity contribution is 6.31. The van der Waals surface area contributed by atoms with Crippen LogP contribution >= 0.6 is 11.6 Å². The molecule has 0 aliphatic rings. The van der Waals surface area contributed by atoms with Crippen molar-refractivity contribution in [3.05, 3.63) is 22.8 Å². The summed E-state index contributed by atoms with van der Waals surface area (Å²) in [6.07, 6.45) is -1.62. The topological polar surface area (TPSA) is 34.1 Å². The number of nitrogens with one attached hydrogen (secondary N) is 1. The Balaban J connectivity index is 2.65. The van der Waals surface area contributed by atoms with Crippen molar-refractivity contribution in [1.82, 2.24) is 10.3 Å². The van der Waals surface area contributed by atoms with Crippen molar-refractivity contribution in [2.45, 2.75) is 32.2 Å². The molecule has 1 N–H and O–H groups in total. The minimum absolute atomic E-state index is 0.164. The summed E-state index contributed by atoms with van der Waals surface area (Å²) < 4.78 is 54.0. The van der Waals surface area contributed by atoms with Crippen molar-refractivity contribution in [2.75, 3.05) is 13.2 Å². The standard InChI is InChI=1S/C12H15ClF4N2O/c1-2-3-18-5-8-4-10(19-6-9(8)13)20-7-12(16,17)11(14)15/h4,6,11,18H,2-3,5,7H2,1H3. The number of hydrogen-bond acceptors (Lipinski definition) is 3. The summed E-state index contributed by atoms with van der Waals surface area (Å²) in [5.41, 5.74) is 0.602. The third-order valence-corrected chi connectivity index (χ3v) is 2.72. The van der Waals surface area contributed by atoms with Crippen LogP contribution in [0.1, 0.15) is 18.9 Å². The highest BCUT2D eigenvalue weighted by Crippen LogP contribution is 2.25. The summed E-state index contributed by atoms with van der Waals surface area (Å²) in [7, 11) is 0. The van der Waals surface area contributed by atoms with Crippen LogP contribution in [0.2, 0.25) is 5.02 Å². The van der Waals surface area contributed by atoms with E-state index in [2.05, 4.69) is 15.0 Å². The molecule has 1 aromatic heterocycles. The van der Waals surface area contributed by atoms with Gasteiger partial charge >= 0.3 is 12.3 Å². The molecule has 0 saturated carbocycles. The van der Waals surface area contributed by atoms with Gasteiger partial charge in [0.15, 0.2) is 6.61 Å². The minimum Gasteiger partial charge on any atom is -0.471 e. The van der Waals surface area contributed by atoms with E-state index in [-0.39, 0.29) is 5.88 Å². The van der Waals surface area contributed by atoms with E-state index >= 15 is 0 Å². The maximum absolute atomic E-state index is 12.7. The number of ether oxygens (including phenoxy) is 1. The molecule has 0 saturated heterocycles. The van der Waals surface area contributed by atoms with Gasteiger partial charge in [-0.25, -0.2) is 13.8 Å². The van der Waals surface area contributed by atoms with Crippen LogP contribution in [0.25, 0.3) is 0 Å². The summed E-state index contributed by atoms with van der Waals surface area (Å²) in [6.45, 7) is 1.73. The van der Waals surface area contributed by atoms with Gasteiger partial charge in [0, 0.05) is 18.8 Å². The van der Waals surface area contributed by atoms with E-state index in [4.69, 9.17) is 11.6 Å². The quantitative estimate of drug-likeness (QED) is 0.589. The number of hydrogen-bond donors (Lipinski definition) is 1. The van der Waals surface area contributed by atoms with Gasteiger partial charge in [0.05, 0.1) is 5.02 Å². The van der Waals surface area contributed by atoms with Gasteiger partial charge in [-0.2, -0.15) is 8.78 Å². The second kappa shape index (κ2) is 7.64. The zero-order valence-corrected chi connectivity index (χ0v) is 11.6. The van der Waals surface area contributed by atoms with E-state index in [1.54, 1.807) is 0 Å². The van der Waals surface area contributed by atoms with Crippen LogP contribution in [0.3, 0.4) is 0 Å². The first-order valence-electron chi connectivity index (χ1n) is 6.00. The van der Waals surface area contributed by atoms with Gasteiger partial charge in [0.1, 0.15) is 0 Å². The molecule has 1 heterocycles. The van der Waals surface area contributed by atoms with Crippen molar-refractivity contribution >= 4 is 11.6 Å². The number of nitrogens with zero attached hydrogens (tertiary/aromatic N) is 1. The average Bonchev–Trinajstić information content (AvgIpc) is 2.39. The van der Waals surface area contributed by atoms with Gasteiger partial charge in [0.2, 0.25) is 5.88 Å². The fourth-order valence-electron chi connectivity index (χ4n) is 1.31. The second-order valence-corrected chi connectivity index (χ2v) is 4.55. The predicted octanol–water partition coefficient (Wildman–Crippen LogP) is 3.51. The lowest BCUT2D eigenvalue weighted by atomic mass is 10.2. The molecule has 0 spiro atoms. The molecule has 1 aromatic rings. The second-order valence-electron chi connectivity index (χ2n) is 4.14. The molecule has 0 fully saturated rings. The Morgan fingerprint density at radius 1 is 1.45 bits per heavy atom. The minimum atomic E-state index is -4.21. The summed E-state index contributed by atoms with van der Waals surface area (Å²) in [5.74, 6) is -4.37. The molecule has 0 amide bonds. The fourth-order valence-corrected chi connectivity index (χ4v) is 1.48. The average molecular weight is 315 g/mol. The highest BCUT2D eigenvalue weighted by atomic mass is 35.5. The molecule has 8 heteroatoms. The number of pyridine rings is 1. The molecule has 1 rings (SSSR count). The summed E-state index contributed by atoms with van der Waals surface area (Å²) in [5, 5.41) is 3.42. The zero-order chi connectivity index (χ0) is 15.2. The van der Waals surface area contributed by atoms with Gasteiger partial charge in [-0.05, 0) is 18.5 Å². The number of aromatic nitrogens is 1. The summed E-state index contributed by atoms with van der Waals surface area (Å²) in [6, 6.07) is 1.35. The van der Waals surface area contributed by atoms with Crippen LogP contribution in [-0.4, -0.2) is 30.5 Å². The smallest absolute Gasteiger partial charge is 0.340 e. The lowest BCUT2D eigenvalue weighted by molar-refractivity contribution is -0.148. The Kier molecular flexibility index (Phi) is 6.48. The Hall–Kier alpha value is -1.08. The van der Waals surface area contributed by atoms with E-state index in [0.29, 0.717) is 17.1 Å². The normalized spacial score (nSPS) is 11.9. The molecule has 0 bridgehead atoms. The molecule has 0 atom stereocenters. The number of rotatable bonds is 8. The maximum atomic E-state index is 12.7. The van der Waals surface area contributed by atoms with Crippen LogP contribution in [0, 0.1) is 0 Å². The monoisotopic (exact) mass is 314 g/mol.